The number of amides is 3. The maximum atomic E-state index is 12.6. The average Bonchev–Trinajstić information content (AvgIpc) is 3.06. The van der Waals surface area contributed by atoms with Crippen molar-refractivity contribution in [2.75, 3.05) is 38.6 Å². The van der Waals surface area contributed by atoms with Crippen LogP contribution < -0.4 is 10.1 Å². The topological polar surface area (TPSA) is 79.7 Å². The molecular formula is C17H21N5O3. The van der Waals surface area contributed by atoms with Crippen molar-refractivity contribution in [1.82, 2.24) is 19.6 Å². The molecule has 3 rings (SSSR count). The number of aryl methyl sites for hydroxylation is 1. The highest BCUT2D eigenvalue weighted by Gasteiger charge is 2.25. The Bertz CT molecular complexity index is 765. The quantitative estimate of drug-likeness (QED) is 0.914. The van der Waals surface area contributed by atoms with Gasteiger partial charge < -0.3 is 14.5 Å². The van der Waals surface area contributed by atoms with Gasteiger partial charge in [-0.05, 0) is 18.2 Å². The number of urea groups is 1. The molecule has 0 saturated carbocycles. The van der Waals surface area contributed by atoms with Gasteiger partial charge in [-0.3, -0.25) is 14.8 Å². The SMILES string of the molecule is COc1cccc(C(=O)N2CCN(C(=O)Nc3ccn(C)n3)CC2)c1. The summed E-state index contributed by atoms with van der Waals surface area (Å²) >= 11 is 0. The van der Waals surface area contributed by atoms with E-state index in [0.717, 1.165) is 0 Å². The highest BCUT2D eigenvalue weighted by molar-refractivity contribution is 5.95. The number of methoxy groups -OCH3 is 1. The summed E-state index contributed by atoms with van der Waals surface area (Å²) < 4.78 is 6.78. The molecule has 2 aromatic rings. The van der Waals surface area contributed by atoms with Gasteiger partial charge in [-0.2, -0.15) is 5.10 Å². The molecule has 1 fully saturated rings. The smallest absolute Gasteiger partial charge is 0.323 e. The van der Waals surface area contributed by atoms with Crippen LogP contribution in [0.2, 0.25) is 0 Å². The molecule has 25 heavy (non-hydrogen) atoms. The first-order valence-corrected chi connectivity index (χ1v) is 8.06. The van der Waals surface area contributed by atoms with Gasteiger partial charge in [-0.1, -0.05) is 6.07 Å². The number of nitrogens with zero attached hydrogens (tertiary/aromatic N) is 4. The van der Waals surface area contributed by atoms with E-state index in [1.807, 2.05) is 0 Å². The fraction of sp³-hybridized carbons (Fsp3) is 0.353. The number of ether oxygens (including phenoxy) is 1. The van der Waals surface area contributed by atoms with Crippen molar-refractivity contribution in [3.8, 4) is 5.75 Å². The minimum atomic E-state index is -0.202. The van der Waals surface area contributed by atoms with Crippen LogP contribution in [0, 0.1) is 0 Å². The first-order chi connectivity index (χ1) is 12.1. The van der Waals surface area contributed by atoms with Gasteiger partial charge in [0.1, 0.15) is 5.75 Å². The molecule has 0 bridgehead atoms. The second kappa shape index (κ2) is 7.25. The monoisotopic (exact) mass is 343 g/mol. The zero-order valence-corrected chi connectivity index (χ0v) is 14.3. The third-order valence-electron chi connectivity index (χ3n) is 4.12. The number of anilines is 1. The van der Waals surface area contributed by atoms with Crippen LogP contribution in [0.4, 0.5) is 10.6 Å². The van der Waals surface area contributed by atoms with Crippen LogP contribution in [-0.4, -0.2) is 64.8 Å². The molecule has 1 aliphatic heterocycles. The van der Waals surface area contributed by atoms with E-state index in [2.05, 4.69) is 10.4 Å². The Morgan fingerprint density at radius 2 is 1.84 bits per heavy atom. The second-order valence-corrected chi connectivity index (χ2v) is 5.82. The standard InChI is InChI=1S/C17H21N5O3/c1-20-7-6-15(19-20)18-17(24)22-10-8-21(9-11-22)16(23)13-4-3-5-14(12-13)25-2/h3-7,12H,8-11H2,1-2H3,(H,18,19,24). The van der Waals surface area contributed by atoms with E-state index < -0.39 is 0 Å². The molecular weight excluding hydrogens is 322 g/mol. The summed E-state index contributed by atoms with van der Waals surface area (Å²) in [4.78, 5) is 28.3. The van der Waals surface area contributed by atoms with E-state index in [1.165, 1.54) is 0 Å². The van der Waals surface area contributed by atoms with E-state index in [9.17, 15) is 9.59 Å². The minimum Gasteiger partial charge on any atom is -0.497 e. The Labute approximate surface area is 146 Å². The lowest BCUT2D eigenvalue weighted by Crippen LogP contribution is -2.51. The van der Waals surface area contributed by atoms with Crippen LogP contribution >= 0.6 is 0 Å². The summed E-state index contributed by atoms with van der Waals surface area (Å²) in [6, 6.07) is 8.62. The summed E-state index contributed by atoms with van der Waals surface area (Å²) in [5, 5.41) is 6.88. The van der Waals surface area contributed by atoms with Gasteiger partial charge in [-0.25, -0.2) is 4.79 Å². The summed E-state index contributed by atoms with van der Waals surface area (Å²) in [5.41, 5.74) is 0.589. The maximum Gasteiger partial charge on any atom is 0.323 e. The predicted octanol–water partition coefficient (Wildman–Crippen LogP) is 1.42. The number of nitrogens with one attached hydrogen (secondary N) is 1. The molecule has 132 valence electrons. The third-order valence-corrected chi connectivity index (χ3v) is 4.12. The van der Waals surface area contributed by atoms with Crippen molar-refractivity contribution in [3.05, 3.63) is 42.1 Å². The van der Waals surface area contributed by atoms with Crippen LogP contribution in [-0.2, 0) is 7.05 Å². The van der Waals surface area contributed by atoms with Gasteiger partial charge in [0, 0.05) is 51.1 Å². The summed E-state index contributed by atoms with van der Waals surface area (Å²) in [7, 11) is 3.36. The van der Waals surface area contributed by atoms with Crippen LogP contribution in [0.3, 0.4) is 0 Å². The fourth-order valence-electron chi connectivity index (χ4n) is 2.72. The molecule has 0 unspecified atom stereocenters. The molecule has 3 amide bonds. The molecule has 0 aliphatic carbocycles. The van der Waals surface area contributed by atoms with Crippen LogP contribution in [0.1, 0.15) is 10.4 Å². The normalized spacial score (nSPS) is 14.3. The Morgan fingerprint density at radius 3 is 2.48 bits per heavy atom. The molecule has 1 aliphatic rings. The van der Waals surface area contributed by atoms with E-state index in [4.69, 9.17) is 4.74 Å². The summed E-state index contributed by atoms with van der Waals surface area (Å²) in [6.07, 6.45) is 1.76. The maximum absolute atomic E-state index is 12.6. The van der Waals surface area contributed by atoms with Gasteiger partial charge in [0.2, 0.25) is 0 Å². The van der Waals surface area contributed by atoms with E-state index >= 15 is 0 Å². The lowest BCUT2D eigenvalue weighted by atomic mass is 10.1. The predicted molar refractivity (Wildman–Crippen MR) is 92.7 cm³/mol. The van der Waals surface area contributed by atoms with E-state index in [0.29, 0.717) is 43.3 Å². The van der Waals surface area contributed by atoms with Crippen molar-refractivity contribution < 1.29 is 14.3 Å². The summed E-state index contributed by atoms with van der Waals surface area (Å²) in [6.45, 7) is 1.94. The number of hydrogen-bond donors (Lipinski definition) is 1. The molecule has 0 spiro atoms. The van der Waals surface area contributed by atoms with Crippen LogP contribution in [0.15, 0.2) is 36.5 Å². The Hall–Kier alpha value is -3.03. The average molecular weight is 343 g/mol. The van der Waals surface area contributed by atoms with Crippen molar-refractivity contribution >= 4 is 17.8 Å². The van der Waals surface area contributed by atoms with Gasteiger partial charge in [0.05, 0.1) is 7.11 Å². The molecule has 1 N–H and O–H groups in total. The third kappa shape index (κ3) is 3.90. The number of hydrogen-bond acceptors (Lipinski definition) is 4. The Balaban J connectivity index is 1.55. The van der Waals surface area contributed by atoms with Crippen molar-refractivity contribution in [3.63, 3.8) is 0 Å². The van der Waals surface area contributed by atoms with Gasteiger partial charge in [-0.15, -0.1) is 0 Å². The molecule has 1 aromatic heterocycles. The second-order valence-electron chi connectivity index (χ2n) is 5.82. The lowest BCUT2D eigenvalue weighted by Gasteiger charge is -2.34. The highest BCUT2D eigenvalue weighted by atomic mass is 16.5. The van der Waals surface area contributed by atoms with Crippen molar-refractivity contribution in [1.29, 1.82) is 0 Å². The van der Waals surface area contributed by atoms with E-state index in [1.54, 1.807) is 65.2 Å². The Morgan fingerprint density at radius 1 is 1.12 bits per heavy atom. The molecule has 0 atom stereocenters. The van der Waals surface area contributed by atoms with Gasteiger partial charge >= 0.3 is 6.03 Å². The number of aromatic nitrogens is 2. The largest absolute Gasteiger partial charge is 0.497 e. The molecule has 0 radical (unpaired) electrons. The highest BCUT2D eigenvalue weighted by Crippen LogP contribution is 2.16. The number of carbonyl (C=O) groups excluding carboxylic acids is 2. The van der Waals surface area contributed by atoms with Gasteiger partial charge in [0.15, 0.2) is 5.82 Å². The fourth-order valence-corrected chi connectivity index (χ4v) is 2.72. The molecule has 2 heterocycles. The zero-order chi connectivity index (χ0) is 17.8. The van der Waals surface area contributed by atoms with Crippen LogP contribution in [0.25, 0.3) is 0 Å². The summed E-state index contributed by atoms with van der Waals surface area (Å²) in [5.74, 6) is 1.12. The van der Waals surface area contributed by atoms with Crippen molar-refractivity contribution in [2.45, 2.75) is 0 Å². The molecule has 8 nitrogen and oxygen atoms in total. The first kappa shape index (κ1) is 16.8. The molecule has 1 aromatic carbocycles. The number of rotatable bonds is 3. The van der Waals surface area contributed by atoms with Gasteiger partial charge in [0.25, 0.3) is 5.91 Å². The van der Waals surface area contributed by atoms with E-state index in [-0.39, 0.29) is 11.9 Å². The lowest BCUT2D eigenvalue weighted by molar-refractivity contribution is 0.0671. The zero-order valence-electron chi connectivity index (χ0n) is 14.3. The first-order valence-electron chi connectivity index (χ1n) is 8.06. The Kier molecular flexibility index (Phi) is 4.87. The molecule has 8 heteroatoms. The molecule has 1 saturated heterocycles. The van der Waals surface area contributed by atoms with Crippen molar-refractivity contribution in [2.24, 2.45) is 7.05 Å². The number of piperazine rings is 1. The van der Waals surface area contributed by atoms with Crippen LogP contribution in [0.5, 0.6) is 5.75 Å². The number of carbonyl (C=O) groups is 2. The number of benzene rings is 1. The minimum absolute atomic E-state index is 0.0521.